The highest BCUT2D eigenvalue weighted by Crippen LogP contribution is 2.37. The summed E-state index contributed by atoms with van der Waals surface area (Å²) in [5, 5.41) is 0.314. The molecule has 0 amide bonds. The Labute approximate surface area is 114 Å². The number of rotatable bonds is 3. The van der Waals surface area contributed by atoms with E-state index < -0.39 is 0 Å². The molecule has 17 heavy (non-hydrogen) atoms. The van der Waals surface area contributed by atoms with Crippen LogP contribution in [0.4, 0.5) is 0 Å². The van der Waals surface area contributed by atoms with Gasteiger partial charge < -0.3 is 14.4 Å². The van der Waals surface area contributed by atoms with E-state index in [0.29, 0.717) is 26.7 Å². The van der Waals surface area contributed by atoms with Crippen molar-refractivity contribution in [3.8, 4) is 11.5 Å². The van der Waals surface area contributed by atoms with Crippen molar-refractivity contribution in [1.82, 2.24) is 4.90 Å². The molecule has 0 saturated carbocycles. The van der Waals surface area contributed by atoms with Crippen LogP contribution in [0.5, 0.6) is 11.5 Å². The molecule has 0 unspecified atom stereocenters. The number of halogens is 1. The molecule has 0 spiro atoms. The molecule has 0 bridgehead atoms. The number of ether oxygens (including phenoxy) is 2. The van der Waals surface area contributed by atoms with Crippen molar-refractivity contribution in [2.24, 2.45) is 0 Å². The normalized spacial score (nSPS) is 9.65. The zero-order valence-electron chi connectivity index (χ0n) is 9.69. The van der Waals surface area contributed by atoms with Crippen molar-refractivity contribution >= 4 is 39.6 Å². The molecule has 1 rings (SSSR count). The quantitative estimate of drug-likeness (QED) is 0.632. The molecule has 1 aromatic rings. The number of carbonyl (C=O) groups is 1. The Morgan fingerprint density at radius 2 is 2.12 bits per heavy atom. The number of nitrogens with zero attached hydrogens (tertiary/aromatic N) is 1. The zero-order valence-corrected chi connectivity index (χ0v) is 12.1. The van der Waals surface area contributed by atoms with Gasteiger partial charge in [0.1, 0.15) is 0 Å². The van der Waals surface area contributed by atoms with Crippen LogP contribution >= 0.6 is 28.1 Å². The molecule has 0 saturated heterocycles. The van der Waals surface area contributed by atoms with E-state index in [-0.39, 0.29) is 0 Å². The molecular formula is C11H12BrNO3S. The van der Waals surface area contributed by atoms with Gasteiger partial charge in [0, 0.05) is 19.7 Å². The lowest BCUT2D eigenvalue weighted by atomic mass is 10.2. The van der Waals surface area contributed by atoms with Gasteiger partial charge >= 0.3 is 0 Å². The number of hydrogen-bond acceptors (Lipinski definition) is 4. The Kier molecular flexibility index (Phi) is 4.89. The summed E-state index contributed by atoms with van der Waals surface area (Å²) in [6, 6.07) is 3.27. The monoisotopic (exact) mass is 317 g/mol. The number of thiocarbonyl (C=S) groups is 1. The fourth-order valence-electron chi connectivity index (χ4n) is 1.10. The molecule has 0 N–H and O–H groups in total. The summed E-state index contributed by atoms with van der Waals surface area (Å²) in [5.74, 6) is 0.905. The van der Waals surface area contributed by atoms with Crippen LogP contribution in [0.3, 0.4) is 0 Å². The van der Waals surface area contributed by atoms with Crippen LogP contribution in [0.25, 0.3) is 0 Å². The van der Waals surface area contributed by atoms with Crippen molar-refractivity contribution in [2.75, 3.05) is 21.2 Å². The standard InChI is InChI=1S/C11H12BrNO3S/c1-13(2)11(17)16-8-5-4-7(6-14)9(12)10(8)15-3/h4-6H,1-3H3. The van der Waals surface area contributed by atoms with Crippen molar-refractivity contribution in [3.05, 3.63) is 22.2 Å². The van der Waals surface area contributed by atoms with Crippen molar-refractivity contribution in [2.45, 2.75) is 0 Å². The van der Waals surface area contributed by atoms with Crippen LogP contribution in [0.15, 0.2) is 16.6 Å². The molecule has 6 heteroatoms. The maximum absolute atomic E-state index is 10.8. The van der Waals surface area contributed by atoms with Gasteiger partial charge in [0.05, 0.1) is 11.6 Å². The largest absolute Gasteiger partial charge is 0.492 e. The summed E-state index contributed by atoms with van der Waals surface area (Å²) in [6.45, 7) is 0. The van der Waals surface area contributed by atoms with Crippen LogP contribution in [0.2, 0.25) is 0 Å². The maximum Gasteiger partial charge on any atom is 0.264 e. The van der Waals surface area contributed by atoms with Gasteiger partial charge in [0.15, 0.2) is 17.8 Å². The zero-order chi connectivity index (χ0) is 13.0. The van der Waals surface area contributed by atoms with E-state index in [2.05, 4.69) is 15.9 Å². The second-order valence-corrected chi connectivity index (χ2v) is 4.52. The maximum atomic E-state index is 10.8. The van der Waals surface area contributed by atoms with Gasteiger partial charge in [0.2, 0.25) is 0 Å². The van der Waals surface area contributed by atoms with Gasteiger partial charge in [-0.1, -0.05) is 0 Å². The first-order valence-corrected chi connectivity index (χ1v) is 5.92. The fourth-order valence-corrected chi connectivity index (χ4v) is 1.77. The Bertz CT molecular complexity index is 449. The van der Waals surface area contributed by atoms with Crippen molar-refractivity contribution in [3.63, 3.8) is 0 Å². The van der Waals surface area contributed by atoms with Crippen molar-refractivity contribution in [1.29, 1.82) is 0 Å². The van der Waals surface area contributed by atoms with Gasteiger partial charge in [-0.2, -0.15) is 0 Å². The molecule has 0 aliphatic rings. The number of aldehydes is 1. The van der Waals surface area contributed by atoms with Crippen molar-refractivity contribution < 1.29 is 14.3 Å². The first kappa shape index (κ1) is 13.9. The molecule has 0 aliphatic heterocycles. The summed E-state index contributed by atoms with van der Waals surface area (Å²) in [5.41, 5.74) is 0.491. The predicted molar refractivity (Wildman–Crippen MR) is 73.0 cm³/mol. The third kappa shape index (κ3) is 3.17. The van der Waals surface area contributed by atoms with E-state index in [0.717, 1.165) is 6.29 Å². The van der Waals surface area contributed by atoms with Gasteiger partial charge in [-0.15, -0.1) is 0 Å². The number of carbonyl (C=O) groups excluding carboxylic acids is 1. The lowest BCUT2D eigenvalue weighted by Crippen LogP contribution is -2.25. The van der Waals surface area contributed by atoms with Gasteiger partial charge in [0.25, 0.3) is 5.17 Å². The molecule has 0 fully saturated rings. The molecule has 4 nitrogen and oxygen atoms in total. The molecule has 0 radical (unpaired) electrons. The van der Waals surface area contributed by atoms with E-state index in [4.69, 9.17) is 21.7 Å². The summed E-state index contributed by atoms with van der Waals surface area (Å²) in [7, 11) is 5.06. The minimum atomic E-state index is 0.314. The fraction of sp³-hybridized carbons (Fsp3) is 0.273. The minimum absolute atomic E-state index is 0.314. The summed E-state index contributed by atoms with van der Waals surface area (Å²) in [4.78, 5) is 12.4. The van der Waals surface area contributed by atoms with Gasteiger partial charge in [-0.3, -0.25) is 4.79 Å². The average molecular weight is 318 g/mol. The minimum Gasteiger partial charge on any atom is -0.492 e. The number of hydrogen-bond donors (Lipinski definition) is 0. The molecule has 0 aliphatic carbocycles. The first-order valence-electron chi connectivity index (χ1n) is 4.72. The van der Waals surface area contributed by atoms with Crippen LogP contribution in [0.1, 0.15) is 10.4 Å². The molecule has 1 aromatic carbocycles. The van der Waals surface area contributed by atoms with Crippen LogP contribution in [0, 0.1) is 0 Å². The Morgan fingerprint density at radius 3 is 2.59 bits per heavy atom. The topological polar surface area (TPSA) is 38.8 Å². The molecule has 0 aromatic heterocycles. The smallest absolute Gasteiger partial charge is 0.264 e. The third-order valence-corrected chi connectivity index (χ3v) is 3.25. The number of benzene rings is 1. The van der Waals surface area contributed by atoms with E-state index >= 15 is 0 Å². The second-order valence-electron chi connectivity index (χ2n) is 3.38. The summed E-state index contributed by atoms with van der Waals surface area (Å²) in [6.07, 6.45) is 0.737. The first-order chi connectivity index (χ1) is 8.01. The van der Waals surface area contributed by atoms with E-state index in [9.17, 15) is 4.79 Å². The van der Waals surface area contributed by atoms with E-state index in [1.54, 1.807) is 31.1 Å². The lowest BCUT2D eigenvalue weighted by Gasteiger charge is -2.17. The Morgan fingerprint density at radius 1 is 1.47 bits per heavy atom. The molecule has 92 valence electrons. The molecule has 0 heterocycles. The Hall–Kier alpha value is -1.14. The summed E-state index contributed by atoms with van der Waals surface area (Å²) >= 11 is 8.32. The van der Waals surface area contributed by atoms with Gasteiger partial charge in [-0.05, 0) is 40.3 Å². The van der Waals surface area contributed by atoms with E-state index in [1.165, 1.54) is 7.11 Å². The van der Waals surface area contributed by atoms with Crippen LogP contribution in [-0.2, 0) is 0 Å². The van der Waals surface area contributed by atoms with Gasteiger partial charge in [-0.25, -0.2) is 0 Å². The van der Waals surface area contributed by atoms with Crippen LogP contribution < -0.4 is 9.47 Å². The SMILES string of the molecule is COc1c(OC(=S)N(C)C)ccc(C=O)c1Br. The van der Waals surface area contributed by atoms with Crippen LogP contribution in [-0.4, -0.2) is 37.6 Å². The highest BCUT2D eigenvalue weighted by molar-refractivity contribution is 9.10. The second kappa shape index (κ2) is 5.97. The Balaban J connectivity index is 3.13. The summed E-state index contributed by atoms with van der Waals surface area (Å²) < 4.78 is 11.2. The highest BCUT2D eigenvalue weighted by atomic mass is 79.9. The molecule has 0 atom stereocenters. The highest BCUT2D eigenvalue weighted by Gasteiger charge is 2.14. The molecular weight excluding hydrogens is 306 g/mol. The number of methoxy groups -OCH3 is 1. The predicted octanol–water partition coefficient (Wildman–Crippen LogP) is 2.50. The van der Waals surface area contributed by atoms with E-state index in [1.807, 2.05) is 0 Å². The lowest BCUT2D eigenvalue weighted by molar-refractivity contribution is 0.112. The average Bonchev–Trinajstić information content (AvgIpc) is 2.29. The third-order valence-electron chi connectivity index (χ3n) is 1.98.